The zero-order chi connectivity index (χ0) is 12.3. The molecule has 0 radical (unpaired) electrons. The number of hydrogen-bond acceptors (Lipinski definition) is 2. The molecule has 2 rings (SSSR count). The van der Waals surface area contributed by atoms with Crippen LogP contribution in [-0.2, 0) is 6.54 Å². The van der Waals surface area contributed by atoms with Crippen LogP contribution in [0.4, 0.5) is 8.78 Å². The van der Waals surface area contributed by atoms with Crippen molar-refractivity contribution in [1.82, 2.24) is 5.32 Å². The molecular formula is C13H17F2NS. The molecule has 1 aliphatic rings. The van der Waals surface area contributed by atoms with Crippen molar-refractivity contribution >= 4 is 11.8 Å². The predicted molar refractivity (Wildman–Crippen MR) is 68.2 cm³/mol. The molecule has 0 saturated carbocycles. The van der Waals surface area contributed by atoms with Crippen molar-refractivity contribution in [1.29, 1.82) is 0 Å². The first-order valence-corrected chi connectivity index (χ1v) is 6.87. The summed E-state index contributed by atoms with van der Waals surface area (Å²) in [6, 6.07) is 3.99. The van der Waals surface area contributed by atoms with Gasteiger partial charge in [-0.25, -0.2) is 8.78 Å². The molecule has 0 bridgehead atoms. The average molecular weight is 257 g/mol. The fourth-order valence-electron chi connectivity index (χ4n) is 2.13. The lowest BCUT2D eigenvalue weighted by molar-refractivity contribution is 0.503. The van der Waals surface area contributed by atoms with E-state index in [1.807, 2.05) is 11.8 Å². The number of thioether (sulfide) groups is 1. The Bertz CT molecular complexity index is 369. The second-order valence-corrected chi connectivity index (χ2v) is 6.39. The summed E-state index contributed by atoms with van der Waals surface area (Å²) >= 11 is 1.94. The van der Waals surface area contributed by atoms with Gasteiger partial charge < -0.3 is 5.32 Å². The summed E-state index contributed by atoms with van der Waals surface area (Å²) in [4.78, 5) is 0. The standard InChI is InChI=1S/C13H17F2NS/c1-13(6-3-7-17-13)9-16-8-10-11(14)4-2-5-12(10)15/h2,4-5,16H,3,6-9H2,1H3. The van der Waals surface area contributed by atoms with E-state index in [-0.39, 0.29) is 16.9 Å². The largest absolute Gasteiger partial charge is 0.311 e. The Hall–Kier alpha value is -0.610. The minimum Gasteiger partial charge on any atom is -0.311 e. The quantitative estimate of drug-likeness (QED) is 0.888. The fraction of sp³-hybridized carbons (Fsp3) is 0.538. The molecule has 1 aromatic rings. The Morgan fingerprint density at radius 3 is 2.65 bits per heavy atom. The number of halogens is 2. The summed E-state index contributed by atoms with van der Waals surface area (Å²) in [5, 5.41) is 3.16. The molecule has 1 atom stereocenters. The highest BCUT2D eigenvalue weighted by molar-refractivity contribution is 8.00. The van der Waals surface area contributed by atoms with Crippen molar-refractivity contribution in [2.75, 3.05) is 12.3 Å². The summed E-state index contributed by atoms with van der Waals surface area (Å²) in [6.45, 7) is 3.26. The smallest absolute Gasteiger partial charge is 0.130 e. The van der Waals surface area contributed by atoms with E-state index in [2.05, 4.69) is 12.2 Å². The topological polar surface area (TPSA) is 12.0 Å². The maximum atomic E-state index is 13.4. The molecule has 1 fully saturated rings. The van der Waals surface area contributed by atoms with Gasteiger partial charge in [0.2, 0.25) is 0 Å². The lowest BCUT2D eigenvalue weighted by Gasteiger charge is -2.23. The second-order valence-electron chi connectivity index (χ2n) is 4.71. The van der Waals surface area contributed by atoms with Crippen molar-refractivity contribution in [3.63, 3.8) is 0 Å². The Kier molecular flexibility index (Phi) is 4.05. The minimum atomic E-state index is -0.471. The molecular weight excluding hydrogens is 240 g/mol. The number of nitrogens with one attached hydrogen (secondary N) is 1. The lowest BCUT2D eigenvalue weighted by Crippen LogP contribution is -2.32. The van der Waals surface area contributed by atoms with Crippen LogP contribution in [0.3, 0.4) is 0 Å². The van der Waals surface area contributed by atoms with Crippen LogP contribution >= 0.6 is 11.8 Å². The van der Waals surface area contributed by atoms with Crippen molar-refractivity contribution in [2.24, 2.45) is 0 Å². The fourth-order valence-corrected chi connectivity index (χ4v) is 3.40. The van der Waals surface area contributed by atoms with Crippen LogP contribution in [0.15, 0.2) is 18.2 Å². The van der Waals surface area contributed by atoms with Gasteiger partial charge in [0.05, 0.1) is 0 Å². The molecule has 1 aliphatic heterocycles. The normalized spacial score (nSPS) is 24.2. The first-order chi connectivity index (χ1) is 8.11. The third-order valence-corrected chi connectivity index (χ3v) is 4.70. The van der Waals surface area contributed by atoms with E-state index < -0.39 is 11.6 Å². The van der Waals surface area contributed by atoms with Gasteiger partial charge in [0.25, 0.3) is 0 Å². The van der Waals surface area contributed by atoms with Gasteiger partial charge in [0.15, 0.2) is 0 Å². The Balaban J connectivity index is 1.90. The van der Waals surface area contributed by atoms with Crippen molar-refractivity contribution in [3.8, 4) is 0 Å². The predicted octanol–water partition coefficient (Wildman–Crippen LogP) is 3.34. The summed E-state index contributed by atoms with van der Waals surface area (Å²) in [7, 11) is 0. The van der Waals surface area contributed by atoms with Gasteiger partial charge >= 0.3 is 0 Å². The first-order valence-electron chi connectivity index (χ1n) is 5.88. The summed E-state index contributed by atoms with van der Waals surface area (Å²) in [5.74, 6) is 0.246. The highest BCUT2D eigenvalue weighted by Gasteiger charge is 2.28. The highest BCUT2D eigenvalue weighted by Crippen LogP contribution is 2.37. The number of rotatable bonds is 4. The van der Waals surface area contributed by atoms with Gasteiger partial charge in [-0.1, -0.05) is 6.07 Å². The van der Waals surface area contributed by atoms with Crippen LogP contribution in [-0.4, -0.2) is 17.0 Å². The van der Waals surface area contributed by atoms with Crippen LogP contribution in [0.25, 0.3) is 0 Å². The molecule has 0 spiro atoms. The molecule has 0 aromatic heterocycles. The molecule has 94 valence electrons. The molecule has 4 heteroatoms. The first kappa shape index (κ1) is 12.8. The van der Waals surface area contributed by atoms with Gasteiger partial charge in [0.1, 0.15) is 11.6 Å². The van der Waals surface area contributed by atoms with Gasteiger partial charge in [-0.15, -0.1) is 0 Å². The molecule has 1 aromatic carbocycles. The molecule has 1 N–H and O–H groups in total. The van der Waals surface area contributed by atoms with E-state index in [1.165, 1.54) is 36.8 Å². The number of benzene rings is 1. The molecule has 1 heterocycles. The van der Waals surface area contributed by atoms with Crippen molar-refractivity contribution < 1.29 is 8.78 Å². The Morgan fingerprint density at radius 2 is 2.06 bits per heavy atom. The Morgan fingerprint density at radius 1 is 1.35 bits per heavy atom. The second kappa shape index (κ2) is 5.36. The summed E-state index contributed by atoms with van der Waals surface area (Å²) < 4.78 is 26.9. The van der Waals surface area contributed by atoms with Crippen molar-refractivity contribution in [2.45, 2.75) is 31.1 Å². The molecule has 0 aliphatic carbocycles. The van der Waals surface area contributed by atoms with Crippen LogP contribution in [0.1, 0.15) is 25.3 Å². The van der Waals surface area contributed by atoms with E-state index in [9.17, 15) is 8.78 Å². The van der Waals surface area contributed by atoms with Crippen LogP contribution in [0.2, 0.25) is 0 Å². The van der Waals surface area contributed by atoms with E-state index in [0.29, 0.717) is 0 Å². The van der Waals surface area contributed by atoms with Gasteiger partial charge in [-0.2, -0.15) is 11.8 Å². The van der Waals surface area contributed by atoms with Gasteiger partial charge in [-0.3, -0.25) is 0 Å². The molecule has 1 unspecified atom stereocenters. The maximum absolute atomic E-state index is 13.4. The zero-order valence-corrected chi connectivity index (χ0v) is 10.7. The Labute approximate surface area is 105 Å². The molecule has 0 amide bonds. The minimum absolute atomic E-state index is 0.138. The molecule has 17 heavy (non-hydrogen) atoms. The van der Waals surface area contributed by atoms with Gasteiger partial charge in [-0.05, 0) is 37.7 Å². The van der Waals surface area contributed by atoms with Crippen molar-refractivity contribution in [3.05, 3.63) is 35.4 Å². The molecule has 1 nitrogen and oxygen atoms in total. The summed E-state index contributed by atoms with van der Waals surface area (Å²) in [6.07, 6.45) is 2.40. The lowest BCUT2D eigenvalue weighted by atomic mass is 10.1. The third-order valence-electron chi connectivity index (χ3n) is 3.16. The highest BCUT2D eigenvalue weighted by atomic mass is 32.2. The summed E-state index contributed by atoms with van der Waals surface area (Å²) in [5.41, 5.74) is 0.138. The van der Waals surface area contributed by atoms with Crippen LogP contribution in [0.5, 0.6) is 0 Å². The third kappa shape index (κ3) is 3.19. The van der Waals surface area contributed by atoms with E-state index in [0.717, 1.165) is 6.54 Å². The van der Waals surface area contributed by atoms with Crippen LogP contribution in [0, 0.1) is 11.6 Å². The SMILES string of the molecule is CC1(CNCc2c(F)cccc2F)CCCS1. The van der Waals surface area contributed by atoms with Gasteiger partial charge in [0, 0.05) is 23.4 Å². The van der Waals surface area contributed by atoms with E-state index in [4.69, 9.17) is 0 Å². The zero-order valence-electron chi connectivity index (χ0n) is 9.93. The van der Waals surface area contributed by atoms with Crippen LogP contribution < -0.4 is 5.32 Å². The maximum Gasteiger partial charge on any atom is 0.130 e. The molecule has 1 saturated heterocycles. The van der Waals surface area contributed by atoms with E-state index >= 15 is 0 Å². The number of hydrogen-bond donors (Lipinski definition) is 1. The monoisotopic (exact) mass is 257 g/mol. The van der Waals surface area contributed by atoms with E-state index in [1.54, 1.807) is 0 Å². The average Bonchev–Trinajstić information content (AvgIpc) is 2.70.